The molecule has 0 bridgehead atoms. The van der Waals surface area contributed by atoms with Crippen LogP contribution in [0.3, 0.4) is 0 Å². The maximum Gasteiger partial charge on any atom is 0.141 e. The number of aliphatic hydroxyl groups excluding tert-OH is 4. The monoisotopic (exact) mass is 1310 g/mol. The van der Waals surface area contributed by atoms with Gasteiger partial charge in [0.1, 0.15) is 18.5 Å². The molecule has 1 heterocycles. The van der Waals surface area contributed by atoms with Gasteiger partial charge in [-0.25, -0.2) is 0 Å². The van der Waals surface area contributed by atoms with Gasteiger partial charge in [0.15, 0.2) is 0 Å². The van der Waals surface area contributed by atoms with Crippen LogP contribution in [0.4, 0.5) is 0 Å². The zero-order valence-electron chi connectivity index (χ0n) is 9.18. The molecule has 0 aromatic rings. The van der Waals surface area contributed by atoms with Crippen molar-refractivity contribution in [1.29, 1.82) is 0 Å². The quantitative estimate of drug-likeness (QED) is 0.240. The number of ether oxygens (including phenoxy) is 1. The smallest absolute Gasteiger partial charge is 0.141 e. The van der Waals surface area contributed by atoms with Crippen LogP contribution in [0.15, 0.2) is 0 Å². The molecular weight excluding hydrogens is 1300 g/mol. The molecule has 17 heavy (non-hydrogen) atoms. The first kappa shape index (κ1) is 35.1. The molecule has 1 fully saturated rings. The van der Waals surface area contributed by atoms with Gasteiger partial charge in [0.25, 0.3) is 0 Å². The number of rotatable bonds is 1. The zero-order chi connectivity index (χ0) is 9.30. The molecule has 0 spiro atoms. The molecule has 0 aliphatic carbocycles. The molecule has 11 heteroatoms. The van der Waals surface area contributed by atoms with E-state index in [0.29, 0.717) is 0 Å². The first-order valence-electron chi connectivity index (χ1n) is 3.59. The second-order valence-electron chi connectivity index (χ2n) is 2.75. The van der Waals surface area contributed by atoms with E-state index >= 15 is 0 Å². The molecule has 6 nitrogen and oxygen atoms in total. The Balaban J connectivity index is -0.0000000960. The van der Waals surface area contributed by atoms with Crippen molar-refractivity contribution in [3.05, 3.63) is 5.73 Å². The summed E-state index contributed by atoms with van der Waals surface area (Å²) >= 11 is 0. The molecule has 5 atom stereocenters. The second-order valence-corrected chi connectivity index (χ2v) is 2.75. The maximum atomic E-state index is 9.16. The average molecular weight is 1310 g/mol. The number of hydrogen-bond acceptors (Lipinski definition) is 5. The van der Waals surface area contributed by atoms with E-state index in [1.807, 2.05) is 0 Å². The summed E-state index contributed by atoms with van der Waals surface area (Å²) in [5.74, 6) is 0. The van der Waals surface area contributed by atoms with Crippen LogP contribution in [0.5, 0.6) is 0 Å². The van der Waals surface area contributed by atoms with Crippen molar-refractivity contribution in [3.8, 4) is 0 Å². The van der Waals surface area contributed by atoms with E-state index in [1.54, 1.807) is 0 Å². The predicted molar refractivity (Wildman–Crippen MR) is 38.1 cm³/mol. The van der Waals surface area contributed by atoms with E-state index in [2.05, 4.69) is 4.74 Å². The Labute approximate surface area is 279 Å². The van der Waals surface area contributed by atoms with Crippen LogP contribution in [0.25, 0.3) is 5.73 Å². The molecule has 87 valence electrons. The van der Waals surface area contributed by atoms with Gasteiger partial charge in [-0.1, -0.05) is 6.04 Å². The van der Waals surface area contributed by atoms with Gasteiger partial charge in [0.05, 0.1) is 12.7 Å². The van der Waals surface area contributed by atoms with Crippen LogP contribution in [-0.2, 0) is 4.74 Å². The van der Waals surface area contributed by atoms with E-state index in [0.717, 1.165) is 0 Å². The molecule has 1 aliphatic rings. The van der Waals surface area contributed by atoms with Crippen molar-refractivity contribution in [2.45, 2.75) is 30.6 Å². The summed E-state index contributed by atoms with van der Waals surface area (Å²) in [4.78, 5) is 0. The first-order chi connectivity index (χ1) is 5.57. The molecule has 1 aliphatic heterocycles. The van der Waals surface area contributed by atoms with Crippen LogP contribution in [0, 0.1) is 220 Å². The van der Waals surface area contributed by atoms with Crippen molar-refractivity contribution in [3.63, 3.8) is 0 Å². The van der Waals surface area contributed by atoms with Crippen LogP contribution < -0.4 is 0 Å². The number of nitrogens with one attached hydrogen (secondary N) is 1. The molecule has 1 saturated heterocycles. The Morgan fingerprint density at radius 1 is 0.882 bits per heavy atom. The zero-order valence-corrected chi connectivity index (χ0v) is 32.9. The Morgan fingerprint density at radius 3 is 1.65 bits per heavy atom. The fraction of sp³-hybridized carbons (Fsp3) is 1.00. The summed E-state index contributed by atoms with van der Waals surface area (Å²) in [6, 6.07) is -1.29. The summed E-state index contributed by atoms with van der Waals surface area (Å²) < 4.78 is 4.64. The fourth-order valence-electron chi connectivity index (χ4n) is 1.10. The Kier molecular flexibility index (Phi) is 39.9. The Bertz CT molecular complexity index is 165. The van der Waals surface area contributed by atoms with Crippen molar-refractivity contribution in [2.24, 2.45) is 0 Å². The van der Waals surface area contributed by atoms with Crippen molar-refractivity contribution in [2.75, 3.05) is 6.61 Å². The molecule has 0 saturated carbocycles. The molecule has 5 radical (unpaired) electrons. The van der Waals surface area contributed by atoms with Gasteiger partial charge in [0.2, 0.25) is 0 Å². The SMILES string of the molecule is [Ac].[Ac].[Ac].[Ac].[Ac].[NH-]C1[C@H](O)OC(CO)[C@H](O)[C@@H]1O. The third-order valence-electron chi connectivity index (χ3n) is 1.90. The molecule has 0 aromatic carbocycles. The minimum atomic E-state index is -1.46. The van der Waals surface area contributed by atoms with E-state index < -0.39 is 37.3 Å². The Hall–Kier alpha value is 6.97. The summed E-state index contributed by atoms with van der Waals surface area (Å²) in [5.41, 5.74) is 7.11. The third kappa shape index (κ3) is 12.0. The van der Waals surface area contributed by atoms with E-state index in [9.17, 15) is 0 Å². The molecule has 0 aromatic heterocycles. The van der Waals surface area contributed by atoms with Crippen molar-refractivity contribution in [1.82, 2.24) is 0 Å². The molecule has 5 N–H and O–H groups in total. The van der Waals surface area contributed by atoms with Gasteiger partial charge in [-0.05, 0) is 0 Å². The van der Waals surface area contributed by atoms with Crippen LogP contribution >= 0.6 is 0 Å². The predicted octanol–water partition coefficient (Wildman–Crippen LogP) is -2.16. The van der Waals surface area contributed by atoms with Gasteiger partial charge in [-0.2, -0.15) is 0 Å². The second kappa shape index (κ2) is 19.3. The summed E-state index contributed by atoms with van der Waals surface area (Å²) in [6.45, 7) is -0.498. The molecule has 2 unspecified atom stereocenters. The number of aliphatic hydroxyl groups is 4. The minimum absolute atomic E-state index is 0. The van der Waals surface area contributed by atoms with E-state index in [4.69, 9.17) is 26.2 Å². The summed E-state index contributed by atoms with van der Waals surface area (Å²) in [6.07, 6.45) is -5.18. The topological polar surface area (TPSA) is 114 Å². The minimum Gasteiger partial charge on any atom is -0.668 e. The van der Waals surface area contributed by atoms with Crippen LogP contribution in [-0.4, -0.2) is 57.7 Å². The largest absolute Gasteiger partial charge is 0.668 e. The average Bonchev–Trinajstić information content (AvgIpc) is 2.08. The third-order valence-corrected chi connectivity index (χ3v) is 1.90. The van der Waals surface area contributed by atoms with Gasteiger partial charge >= 0.3 is 0 Å². The van der Waals surface area contributed by atoms with Gasteiger partial charge in [0, 0.05) is 220 Å². The molecule has 1 rings (SSSR count). The van der Waals surface area contributed by atoms with Crippen LogP contribution in [0.1, 0.15) is 0 Å². The van der Waals surface area contributed by atoms with E-state index in [-0.39, 0.29) is 220 Å². The van der Waals surface area contributed by atoms with Gasteiger partial charge in [-0.15, -0.1) is 0 Å². The number of hydrogen-bond donors (Lipinski definition) is 4. The Morgan fingerprint density at radius 2 is 1.29 bits per heavy atom. The maximum absolute atomic E-state index is 9.16. The van der Waals surface area contributed by atoms with Crippen molar-refractivity contribution >= 4 is 0 Å². The molecular formula is C6H12Ac5NO5-. The van der Waals surface area contributed by atoms with Crippen LogP contribution in [0.2, 0.25) is 0 Å². The van der Waals surface area contributed by atoms with Gasteiger partial charge in [-0.3, -0.25) is 0 Å². The summed E-state index contributed by atoms with van der Waals surface area (Å²) in [5, 5.41) is 35.9. The van der Waals surface area contributed by atoms with E-state index in [1.165, 1.54) is 0 Å². The standard InChI is InChI=1S/C6H12NO5.5Ac/c7-3-5(10)4(9)2(1-8)12-6(3)11;;;;;/h2-11H,1H2;;;;;/q-1;;;;;/t2?,3?,4-,5+,6+;;;;;/m0...../s1. The normalized spacial score (nSPS) is 34.8. The first-order valence-corrected chi connectivity index (χ1v) is 3.59. The van der Waals surface area contributed by atoms with Crippen molar-refractivity contribution < 1.29 is 245 Å². The molecule has 0 amide bonds. The summed E-state index contributed by atoms with van der Waals surface area (Å²) in [7, 11) is 0. The van der Waals surface area contributed by atoms with Gasteiger partial charge < -0.3 is 30.9 Å². The fourth-order valence-corrected chi connectivity index (χ4v) is 1.10.